The third-order valence-corrected chi connectivity index (χ3v) is 6.22. The summed E-state index contributed by atoms with van der Waals surface area (Å²) < 4.78 is 30.9. The van der Waals surface area contributed by atoms with Gasteiger partial charge in [-0.2, -0.15) is 0 Å². The van der Waals surface area contributed by atoms with Crippen LogP contribution in [0.1, 0.15) is 25.7 Å². The average Bonchev–Trinajstić information content (AvgIpc) is 3.16. The van der Waals surface area contributed by atoms with Crippen LogP contribution in [0.2, 0.25) is 0 Å². The molecular formula is C22H27N3O5S. The smallest absolute Gasteiger partial charge is 0.232 e. The highest BCUT2D eigenvalue weighted by molar-refractivity contribution is 7.92. The van der Waals surface area contributed by atoms with E-state index >= 15 is 0 Å². The molecule has 0 atom stereocenters. The summed E-state index contributed by atoms with van der Waals surface area (Å²) in [6.07, 6.45) is 3.02. The molecule has 31 heavy (non-hydrogen) atoms. The van der Waals surface area contributed by atoms with Gasteiger partial charge in [0.15, 0.2) is 0 Å². The Morgan fingerprint density at radius 2 is 1.97 bits per heavy atom. The minimum atomic E-state index is -3.51. The number of anilines is 3. The first-order valence-corrected chi connectivity index (χ1v) is 11.9. The fourth-order valence-electron chi connectivity index (χ4n) is 3.53. The zero-order valence-electron chi connectivity index (χ0n) is 17.7. The quantitative estimate of drug-likeness (QED) is 0.640. The number of carbonyl (C=O) groups is 2. The number of nitrogens with one attached hydrogen (secondary N) is 1. The van der Waals surface area contributed by atoms with E-state index in [2.05, 4.69) is 5.32 Å². The molecule has 0 bridgehead atoms. The van der Waals surface area contributed by atoms with Crippen molar-refractivity contribution >= 4 is 38.9 Å². The number of hydrogen-bond donors (Lipinski definition) is 1. The molecule has 166 valence electrons. The third kappa shape index (κ3) is 5.97. The Labute approximate surface area is 182 Å². The molecule has 0 radical (unpaired) electrons. The van der Waals surface area contributed by atoms with Gasteiger partial charge in [-0.05, 0) is 43.2 Å². The van der Waals surface area contributed by atoms with Crippen LogP contribution in [0.4, 0.5) is 17.1 Å². The van der Waals surface area contributed by atoms with Gasteiger partial charge in [-0.25, -0.2) is 8.42 Å². The predicted molar refractivity (Wildman–Crippen MR) is 121 cm³/mol. The summed E-state index contributed by atoms with van der Waals surface area (Å²) in [5.41, 5.74) is 1.86. The van der Waals surface area contributed by atoms with Gasteiger partial charge in [-0.3, -0.25) is 13.9 Å². The van der Waals surface area contributed by atoms with Gasteiger partial charge in [0.25, 0.3) is 0 Å². The molecule has 0 aliphatic carbocycles. The molecule has 0 aromatic heterocycles. The van der Waals surface area contributed by atoms with E-state index in [4.69, 9.17) is 4.74 Å². The number of hydrogen-bond acceptors (Lipinski definition) is 5. The molecule has 1 saturated heterocycles. The Kier molecular flexibility index (Phi) is 7.17. The van der Waals surface area contributed by atoms with Gasteiger partial charge in [-0.15, -0.1) is 0 Å². The van der Waals surface area contributed by atoms with Crippen LogP contribution < -0.4 is 19.3 Å². The summed E-state index contributed by atoms with van der Waals surface area (Å²) in [6.45, 7) is 0.851. The Morgan fingerprint density at radius 1 is 1.19 bits per heavy atom. The molecule has 0 spiro atoms. The van der Waals surface area contributed by atoms with Crippen LogP contribution >= 0.6 is 0 Å². The fraction of sp³-hybridized carbons (Fsp3) is 0.364. The van der Waals surface area contributed by atoms with Crippen molar-refractivity contribution in [1.29, 1.82) is 0 Å². The third-order valence-electron chi connectivity index (χ3n) is 5.02. The van der Waals surface area contributed by atoms with Gasteiger partial charge >= 0.3 is 0 Å². The van der Waals surface area contributed by atoms with Gasteiger partial charge in [0.1, 0.15) is 5.75 Å². The van der Waals surface area contributed by atoms with Crippen molar-refractivity contribution < 1.29 is 22.7 Å². The number of nitrogens with zero attached hydrogens (tertiary/aromatic N) is 2. The molecule has 8 nitrogen and oxygen atoms in total. The maximum absolute atomic E-state index is 12.4. The lowest BCUT2D eigenvalue weighted by atomic mass is 10.2. The normalized spacial score (nSPS) is 13.9. The average molecular weight is 446 g/mol. The van der Waals surface area contributed by atoms with E-state index < -0.39 is 10.0 Å². The molecular weight excluding hydrogens is 418 g/mol. The number of carbonyl (C=O) groups excluding carboxylic acids is 2. The van der Waals surface area contributed by atoms with Crippen molar-refractivity contribution in [2.45, 2.75) is 25.7 Å². The molecule has 1 aliphatic rings. The van der Waals surface area contributed by atoms with Crippen molar-refractivity contribution in [1.82, 2.24) is 0 Å². The molecule has 2 aromatic carbocycles. The fourth-order valence-corrected chi connectivity index (χ4v) is 4.49. The number of benzene rings is 2. The first-order valence-electron chi connectivity index (χ1n) is 10.1. The van der Waals surface area contributed by atoms with Gasteiger partial charge < -0.3 is 15.0 Å². The molecule has 1 aliphatic heterocycles. The van der Waals surface area contributed by atoms with E-state index in [9.17, 15) is 18.0 Å². The van der Waals surface area contributed by atoms with Crippen LogP contribution in [0, 0.1) is 0 Å². The highest BCUT2D eigenvalue weighted by Gasteiger charge is 2.22. The second-order valence-electron chi connectivity index (χ2n) is 7.39. The summed E-state index contributed by atoms with van der Waals surface area (Å²) in [5, 5.41) is 2.83. The summed E-state index contributed by atoms with van der Waals surface area (Å²) in [7, 11) is -1.99. The summed E-state index contributed by atoms with van der Waals surface area (Å²) >= 11 is 0. The second-order valence-corrected chi connectivity index (χ2v) is 9.29. The van der Waals surface area contributed by atoms with Crippen molar-refractivity contribution in [2.24, 2.45) is 0 Å². The van der Waals surface area contributed by atoms with Crippen LogP contribution in [0.5, 0.6) is 5.75 Å². The van der Waals surface area contributed by atoms with Gasteiger partial charge in [0.05, 0.1) is 19.1 Å². The van der Waals surface area contributed by atoms with E-state index in [1.165, 1.54) is 11.4 Å². The van der Waals surface area contributed by atoms with Crippen molar-refractivity contribution in [3.63, 3.8) is 0 Å². The maximum Gasteiger partial charge on any atom is 0.232 e. The van der Waals surface area contributed by atoms with E-state index in [-0.39, 0.29) is 24.8 Å². The second kappa shape index (κ2) is 9.82. The molecule has 1 fully saturated rings. The topological polar surface area (TPSA) is 96.0 Å². The van der Waals surface area contributed by atoms with Crippen LogP contribution in [0.3, 0.4) is 0 Å². The minimum Gasteiger partial charge on any atom is -0.497 e. The minimum absolute atomic E-state index is 0.0851. The number of amides is 2. The van der Waals surface area contributed by atoms with Crippen LogP contribution in [-0.4, -0.2) is 46.7 Å². The van der Waals surface area contributed by atoms with Crippen molar-refractivity contribution in [3.8, 4) is 5.75 Å². The zero-order chi connectivity index (χ0) is 22.4. The molecule has 2 aromatic rings. The Balaban J connectivity index is 1.59. The number of rotatable bonds is 9. The summed E-state index contributed by atoms with van der Waals surface area (Å²) in [4.78, 5) is 26.0. The maximum atomic E-state index is 12.4. The Hall–Kier alpha value is -3.07. The monoisotopic (exact) mass is 445 g/mol. The zero-order valence-corrected chi connectivity index (χ0v) is 18.5. The summed E-state index contributed by atoms with van der Waals surface area (Å²) in [6, 6.07) is 14.0. The highest BCUT2D eigenvalue weighted by Crippen LogP contribution is 2.25. The Morgan fingerprint density at radius 3 is 2.65 bits per heavy atom. The van der Waals surface area contributed by atoms with E-state index in [1.54, 1.807) is 47.4 Å². The molecule has 2 amide bonds. The number of methoxy groups -OCH3 is 1. The first-order chi connectivity index (χ1) is 14.8. The molecule has 3 rings (SSSR count). The molecule has 9 heteroatoms. The Bertz CT molecular complexity index is 1050. The van der Waals surface area contributed by atoms with E-state index in [0.717, 1.165) is 18.4 Å². The van der Waals surface area contributed by atoms with Crippen LogP contribution in [0.15, 0.2) is 48.5 Å². The largest absolute Gasteiger partial charge is 0.497 e. The van der Waals surface area contributed by atoms with Crippen LogP contribution in [-0.2, 0) is 19.6 Å². The molecule has 1 heterocycles. The van der Waals surface area contributed by atoms with Crippen molar-refractivity contribution in [2.75, 3.05) is 41.0 Å². The van der Waals surface area contributed by atoms with Gasteiger partial charge in [0.2, 0.25) is 21.8 Å². The number of sulfonamides is 1. The lowest BCUT2D eigenvalue weighted by molar-refractivity contribution is -0.117. The summed E-state index contributed by atoms with van der Waals surface area (Å²) in [5.74, 6) is 0.422. The van der Waals surface area contributed by atoms with Gasteiger partial charge in [-0.1, -0.05) is 12.1 Å². The number of ether oxygens (including phenoxy) is 1. The van der Waals surface area contributed by atoms with Crippen molar-refractivity contribution in [3.05, 3.63) is 48.5 Å². The predicted octanol–water partition coefficient (Wildman–Crippen LogP) is 3.01. The molecule has 0 unspecified atom stereocenters. The highest BCUT2D eigenvalue weighted by atomic mass is 32.2. The lowest BCUT2D eigenvalue weighted by Gasteiger charge is -2.22. The molecule has 0 saturated carbocycles. The molecule has 1 N–H and O–H groups in total. The van der Waals surface area contributed by atoms with Gasteiger partial charge in [0, 0.05) is 43.4 Å². The first kappa shape index (κ1) is 22.6. The SMILES string of the molecule is COc1cccc(N(CCCC(=O)Nc2cccc(N3CCCC3=O)c2)S(C)(=O)=O)c1. The standard InChI is InChI=1S/C22H27N3O5S/c1-30-20-10-4-9-19(16-20)25(31(2,28)29)14-5-11-21(26)23-17-7-3-8-18(15-17)24-13-6-12-22(24)27/h3-4,7-10,15-16H,5-6,11-14H2,1-2H3,(H,23,26). The van der Waals surface area contributed by atoms with Crippen LogP contribution in [0.25, 0.3) is 0 Å². The lowest BCUT2D eigenvalue weighted by Crippen LogP contribution is -2.31. The van der Waals surface area contributed by atoms with E-state index in [0.29, 0.717) is 36.5 Å². The van der Waals surface area contributed by atoms with E-state index in [1.807, 2.05) is 6.07 Å².